The van der Waals surface area contributed by atoms with Gasteiger partial charge in [0.1, 0.15) is 0 Å². The van der Waals surface area contributed by atoms with Crippen LogP contribution in [0.25, 0.3) is 0 Å². The zero-order valence-electron chi connectivity index (χ0n) is 11.3. The van der Waals surface area contributed by atoms with Gasteiger partial charge in [0.05, 0.1) is 0 Å². The van der Waals surface area contributed by atoms with Crippen molar-refractivity contribution >= 4 is 9.76 Å². The van der Waals surface area contributed by atoms with Gasteiger partial charge in [-0.2, -0.15) is 0 Å². The smallest absolute Gasteiger partial charge is 0.207 e. The van der Waals surface area contributed by atoms with Gasteiger partial charge in [0.25, 0.3) is 0 Å². The van der Waals surface area contributed by atoms with Crippen molar-refractivity contribution in [3.05, 3.63) is 0 Å². The van der Waals surface area contributed by atoms with Crippen LogP contribution in [0.2, 0.25) is 6.04 Å². The molecule has 1 nitrogen and oxygen atoms in total. The first kappa shape index (κ1) is 16.2. The van der Waals surface area contributed by atoms with Gasteiger partial charge in [0, 0.05) is 0 Å². The zero-order chi connectivity index (χ0) is 11.9. The summed E-state index contributed by atoms with van der Waals surface area (Å²) in [6.45, 7) is 2.27. The van der Waals surface area contributed by atoms with Gasteiger partial charge in [0.2, 0.25) is 9.76 Å². The van der Waals surface area contributed by atoms with Crippen LogP contribution in [0.3, 0.4) is 0 Å². The van der Waals surface area contributed by atoms with Crippen molar-refractivity contribution < 1.29 is 4.80 Å². The Hall–Kier alpha value is 0.177. The van der Waals surface area contributed by atoms with Crippen molar-refractivity contribution in [2.24, 2.45) is 0 Å². The van der Waals surface area contributed by atoms with Gasteiger partial charge in [-0.25, -0.2) is 0 Å². The molecule has 97 valence electrons. The van der Waals surface area contributed by atoms with Crippen molar-refractivity contribution in [1.82, 2.24) is 0 Å². The highest BCUT2D eigenvalue weighted by Gasteiger charge is 1.93. The molecule has 0 bridgehead atoms. The summed E-state index contributed by atoms with van der Waals surface area (Å²) in [6, 6.07) is 1.03. The van der Waals surface area contributed by atoms with E-state index in [1.165, 1.54) is 77.0 Å². The van der Waals surface area contributed by atoms with E-state index in [9.17, 15) is 4.80 Å². The molecular weight excluding hydrogens is 212 g/mol. The third kappa shape index (κ3) is 14.2. The van der Waals surface area contributed by atoms with Crippen LogP contribution in [-0.4, -0.2) is 9.76 Å². The minimum absolute atomic E-state index is 0.894. The normalized spacial score (nSPS) is 11.6. The Morgan fingerprint density at radius 2 is 1.00 bits per heavy atom. The van der Waals surface area contributed by atoms with E-state index in [2.05, 4.69) is 6.92 Å². The predicted molar refractivity (Wildman–Crippen MR) is 75.1 cm³/mol. The van der Waals surface area contributed by atoms with Gasteiger partial charge < -0.3 is 4.80 Å². The number of hydrogen-bond donors (Lipinski definition) is 0. The molecule has 0 N–H and O–H groups in total. The molecule has 0 atom stereocenters. The molecule has 1 radical (unpaired) electrons. The first-order valence-electron chi connectivity index (χ1n) is 7.50. The Balaban J connectivity index is 2.83. The highest BCUT2D eigenvalue weighted by molar-refractivity contribution is 6.24. The molecule has 16 heavy (non-hydrogen) atoms. The van der Waals surface area contributed by atoms with Crippen molar-refractivity contribution in [1.29, 1.82) is 0 Å². The number of hydrogen-bond acceptors (Lipinski definition) is 0. The molecule has 0 aromatic carbocycles. The fourth-order valence-electron chi connectivity index (χ4n) is 2.12. The lowest BCUT2D eigenvalue weighted by Crippen LogP contribution is -1.85. The minimum atomic E-state index is -0.894. The maximum atomic E-state index is 10.4. The summed E-state index contributed by atoms with van der Waals surface area (Å²) in [5, 5.41) is 0. The van der Waals surface area contributed by atoms with Crippen LogP contribution in [0.1, 0.15) is 84.0 Å². The fraction of sp³-hybridized carbons (Fsp3) is 1.00. The molecule has 0 aromatic rings. The Labute approximate surface area is 105 Å². The van der Waals surface area contributed by atoms with Crippen molar-refractivity contribution in [2.45, 2.75) is 90.0 Å². The van der Waals surface area contributed by atoms with Crippen LogP contribution >= 0.6 is 0 Å². The molecule has 2 heteroatoms. The van der Waals surface area contributed by atoms with E-state index in [-0.39, 0.29) is 0 Å². The largest absolute Gasteiger partial charge is 0.306 e. The maximum absolute atomic E-state index is 10.4. The molecule has 0 saturated carbocycles. The predicted octanol–water partition coefficient (Wildman–Crippen LogP) is 4.62. The molecule has 0 spiro atoms. The van der Waals surface area contributed by atoms with Crippen molar-refractivity contribution in [3.63, 3.8) is 0 Å². The second-order valence-corrected chi connectivity index (χ2v) is 6.06. The highest BCUT2D eigenvalue weighted by atomic mass is 28.2. The third-order valence-electron chi connectivity index (χ3n) is 3.25. The lowest BCUT2D eigenvalue weighted by molar-refractivity contribution is 0.468. The van der Waals surface area contributed by atoms with Crippen molar-refractivity contribution in [2.75, 3.05) is 0 Å². The minimum Gasteiger partial charge on any atom is -0.306 e. The lowest BCUT2D eigenvalue weighted by atomic mass is 10.1. The Kier molecular flexibility index (Phi) is 15.3. The summed E-state index contributed by atoms with van der Waals surface area (Å²) in [7, 11) is -0.894. The van der Waals surface area contributed by atoms with E-state index in [1.54, 1.807) is 0 Å². The second-order valence-electron chi connectivity index (χ2n) is 4.95. The van der Waals surface area contributed by atoms with Crippen LogP contribution < -0.4 is 0 Å². The fourth-order valence-corrected chi connectivity index (χ4v) is 2.68. The summed E-state index contributed by atoms with van der Waals surface area (Å²) in [6.07, 6.45) is 16.7. The van der Waals surface area contributed by atoms with E-state index >= 15 is 0 Å². The summed E-state index contributed by atoms with van der Waals surface area (Å²) in [5.74, 6) is 0. The second kappa shape index (κ2) is 15.2. The van der Waals surface area contributed by atoms with E-state index in [4.69, 9.17) is 0 Å². The van der Waals surface area contributed by atoms with Gasteiger partial charge in [-0.05, 0) is 6.04 Å². The van der Waals surface area contributed by atoms with Gasteiger partial charge in [0.15, 0.2) is 0 Å². The third-order valence-corrected chi connectivity index (χ3v) is 4.04. The molecule has 0 saturated heterocycles. The SMILES string of the molecule is CCCCCCCCCCCCCC[SiH2][O]. The molecule has 0 fully saturated rings. The van der Waals surface area contributed by atoms with E-state index in [1.807, 2.05) is 0 Å². The topological polar surface area (TPSA) is 19.9 Å². The summed E-state index contributed by atoms with van der Waals surface area (Å²) < 4.78 is 0. The molecule has 0 unspecified atom stereocenters. The average molecular weight is 243 g/mol. The Bertz CT molecular complexity index is 103. The van der Waals surface area contributed by atoms with Crippen LogP contribution in [0.5, 0.6) is 0 Å². The van der Waals surface area contributed by atoms with Gasteiger partial charge in [-0.3, -0.25) is 0 Å². The Morgan fingerprint density at radius 3 is 1.38 bits per heavy atom. The first-order chi connectivity index (χ1) is 7.91. The van der Waals surface area contributed by atoms with Crippen molar-refractivity contribution in [3.8, 4) is 0 Å². The van der Waals surface area contributed by atoms with Crippen LogP contribution in [-0.2, 0) is 4.80 Å². The average Bonchev–Trinajstić information content (AvgIpc) is 2.31. The zero-order valence-corrected chi connectivity index (χ0v) is 12.7. The van der Waals surface area contributed by atoms with Crippen LogP contribution in [0.4, 0.5) is 0 Å². The molecule has 0 amide bonds. The molecule has 0 heterocycles. The van der Waals surface area contributed by atoms with Crippen LogP contribution in [0.15, 0.2) is 0 Å². The monoisotopic (exact) mass is 243 g/mol. The molecule has 0 aliphatic carbocycles. The molecular formula is C14H31OSi. The number of rotatable bonds is 13. The lowest BCUT2D eigenvalue weighted by Gasteiger charge is -2.02. The Morgan fingerprint density at radius 1 is 0.625 bits per heavy atom. The summed E-state index contributed by atoms with van der Waals surface area (Å²) in [4.78, 5) is 10.4. The van der Waals surface area contributed by atoms with Crippen LogP contribution in [0, 0.1) is 0 Å². The standard InChI is InChI=1S/C14H31OSi/c1-2-3-4-5-6-7-8-9-10-11-12-13-14-16-15/h2-14,16H2,1H3. The van der Waals surface area contributed by atoms with E-state index < -0.39 is 9.76 Å². The maximum Gasteiger partial charge on any atom is 0.207 e. The van der Waals surface area contributed by atoms with Gasteiger partial charge in [-0.1, -0.05) is 84.0 Å². The molecule has 0 aromatic heterocycles. The molecule has 0 rings (SSSR count). The summed E-state index contributed by atoms with van der Waals surface area (Å²) >= 11 is 0. The highest BCUT2D eigenvalue weighted by Crippen LogP contribution is 2.12. The van der Waals surface area contributed by atoms with E-state index in [0.717, 1.165) is 6.04 Å². The number of unbranched alkanes of at least 4 members (excludes halogenated alkanes) is 11. The van der Waals surface area contributed by atoms with Gasteiger partial charge in [-0.15, -0.1) is 0 Å². The molecule has 0 aliphatic rings. The molecule has 0 aliphatic heterocycles. The quantitative estimate of drug-likeness (QED) is 0.332. The first-order valence-corrected chi connectivity index (χ1v) is 9.07. The van der Waals surface area contributed by atoms with E-state index in [0.29, 0.717) is 0 Å². The van der Waals surface area contributed by atoms with Gasteiger partial charge >= 0.3 is 0 Å². The summed E-state index contributed by atoms with van der Waals surface area (Å²) in [5.41, 5.74) is 0.